The third-order valence-electron chi connectivity index (χ3n) is 2.71. The molecule has 0 spiro atoms. The van der Waals surface area contributed by atoms with Gasteiger partial charge in [0, 0.05) is 6.42 Å². The molecule has 0 aliphatic carbocycles. The van der Waals surface area contributed by atoms with Crippen molar-refractivity contribution >= 4 is 5.78 Å². The van der Waals surface area contributed by atoms with Gasteiger partial charge in [0.15, 0.2) is 0 Å². The molecule has 0 heterocycles. The summed E-state index contributed by atoms with van der Waals surface area (Å²) >= 11 is 0. The van der Waals surface area contributed by atoms with Crippen LogP contribution in [0.2, 0.25) is 0 Å². The summed E-state index contributed by atoms with van der Waals surface area (Å²) in [7, 11) is 0. The summed E-state index contributed by atoms with van der Waals surface area (Å²) < 4.78 is 0. The van der Waals surface area contributed by atoms with E-state index in [1.807, 2.05) is 0 Å². The first-order valence-electron chi connectivity index (χ1n) is 6.41. The summed E-state index contributed by atoms with van der Waals surface area (Å²) in [5.41, 5.74) is 0.495. The summed E-state index contributed by atoms with van der Waals surface area (Å²) in [5, 5.41) is 0. The van der Waals surface area contributed by atoms with E-state index < -0.39 is 0 Å². The quantitative estimate of drug-likeness (QED) is 0.531. The number of hydrogen-bond acceptors (Lipinski definition) is 1. The smallest absolute Gasteiger partial charge is 0.129 e. The van der Waals surface area contributed by atoms with E-state index in [4.69, 9.17) is 0 Å². The summed E-state index contributed by atoms with van der Waals surface area (Å²) in [5.74, 6) is 0.336. The van der Waals surface area contributed by atoms with E-state index in [1.54, 1.807) is 6.92 Å². The van der Waals surface area contributed by atoms with E-state index in [0.29, 0.717) is 11.2 Å². The first-order valence-corrected chi connectivity index (χ1v) is 6.41. The predicted octanol–water partition coefficient (Wildman–Crippen LogP) is 4.74. The Labute approximate surface area is 95.6 Å². The number of hydrogen-bond donors (Lipinski definition) is 0. The van der Waals surface area contributed by atoms with Crippen LogP contribution < -0.4 is 0 Å². The van der Waals surface area contributed by atoms with Gasteiger partial charge in [0.1, 0.15) is 5.78 Å². The molecule has 0 amide bonds. The van der Waals surface area contributed by atoms with E-state index >= 15 is 0 Å². The van der Waals surface area contributed by atoms with E-state index in [1.165, 1.54) is 38.5 Å². The molecule has 1 nitrogen and oxygen atoms in total. The van der Waals surface area contributed by atoms with Crippen molar-refractivity contribution in [1.82, 2.24) is 0 Å². The zero-order valence-corrected chi connectivity index (χ0v) is 11.1. The number of ketones is 1. The lowest BCUT2D eigenvalue weighted by molar-refractivity contribution is -0.117. The van der Waals surface area contributed by atoms with Crippen molar-refractivity contribution in [3.05, 3.63) is 0 Å². The number of rotatable bonds is 8. The van der Waals surface area contributed by atoms with Crippen LogP contribution in [-0.2, 0) is 4.79 Å². The normalized spacial score (nSPS) is 11.7. The van der Waals surface area contributed by atoms with Crippen molar-refractivity contribution in [2.75, 3.05) is 0 Å². The fourth-order valence-corrected chi connectivity index (χ4v) is 1.74. The molecule has 0 aliphatic rings. The molecule has 0 saturated heterocycles. The molecule has 0 aromatic heterocycles. The van der Waals surface area contributed by atoms with Crippen LogP contribution >= 0.6 is 0 Å². The highest BCUT2D eigenvalue weighted by atomic mass is 16.1. The Morgan fingerprint density at radius 1 is 0.867 bits per heavy atom. The molecule has 0 N–H and O–H groups in total. The SMILES string of the molecule is CC(=O)CCCCCCCCC(C)(C)C. The lowest BCUT2D eigenvalue weighted by Crippen LogP contribution is -2.03. The molecule has 15 heavy (non-hydrogen) atoms. The van der Waals surface area contributed by atoms with Gasteiger partial charge in [0.25, 0.3) is 0 Å². The third kappa shape index (κ3) is 13.7. The van der Waals surface area contributed by atoms with Gasteiger partial charge in [-0.25, -0.2) is 0 Å². The minimum Gasteiger partial charge on any atom is -0.300 e. The number of Topliss-reactive ketones (excluding diaryl/α,β-unsaturated/α-hetero) is 1. The van der Waals surface area contributed by atoms with Gasteiger partial charge in [-0.3, -0.25) is 0 Å². The van der Waals surface area contributed by atoms with Crippen LogP contribution in [0.4, 0.5) is 0 Å². The largest absolute Gasteiger partial charge is 0.300 e. The maximum atomic E-state index is 10.7. The van der Waals surface area contributed by atoms with Crippen LogP contribution in [0, 0.1) is 5.41 Å². The van der Waals surface area contributed by atoms with E-state index in [2.05, 4.69) is 20.8 Å². The Morgan fingerprint density at radius 3 is 1.80 bits per heavy atom. The Kier molecular flexibility index (Phi) is 7.72. The van der Waals surface area contributed by atoms with Crippen LogP contribution in [0.3, 0.4) is 0 Å². The highest BCUT2D eigenvalue weighted by molar-refractivity contribution is 5.75. The van der Waals surface area contributed by atoms with Gasteiger partial charge in [0.2, 0.25) is 0 Å². The molecule has 0 aromatic carbocycles. The van der Waals surface area contributed by atoms with Crippen molar-refractivity contribution in [3.63, 3.8) is 0 Å². The van der Waals surface area contributed by atoms with Crippen molar-refractivity contribution in [2.24, 2.45) is 5.41 Å². The lowest BCUT2D eigenvalue weighted by Gasteiger charge is -2.17. The van der Waals surface area contributed by atoms with Gasteiger partial charge < -0.3 is 4.79 Å². The van der Waals surface area contributed by atoms with Gasteiger partial charge >= 0.3 is 0 Å². The molecule has 0 atom stereocenters. The van der Waals surface area contributed by atoms with Gasteiger partial charge in [0.05, 0.1) is 0 Å². The fraction of sp³-hybridized carbons (Fsp3) is 0.929. The second-order valence-electron chi connectivity index (χ2n) is 5.88. The second kappa shape index (κ2) is 7.90. The van der Waals surface area contributed by atoms with E-state index in [-0.39, 0.29) is 0 Å². The van der Waals surface area contributed by atoms with Gasteiger partial charge in [-0.2, -0.15) is 0 Å². The average molecular weight is 212 g/mol. The first-order chi connectivity index (χ1) is 6.92. The molecule has 1 heteroatoms. The number of carbonyl (C=O) groups excluding carboxylic acids is 1. The molecule has 0 bridgehead atoms. The maximum absolute atomic E-state index is 10.7. The van der Waals surface area contributed by atoms with Crippen molar-refractivity contribution in [2.45, 2.75) is 79.1 Å². The Morgan fingerprint density at radius 2 is 1.33 bits per heavy atom. The Balaban J connectivity index is 3.09. The summed E-state index contributed by atoms with van der Waals surface area (Å²) in [4.78, 5) is 10.7. The van der Waals surface area contributed by atoms with Crippen molar-refractivity contribution < 1.29 is 4.79 Å². The Bertz CT molecular complexity index is 165. The standard InChI is InChI=1S/C14H28O/c1-13(15)11-9-7-5-6-8-10-12-14(2,3)4/h5-12H2,1-4H3. The predicted molar refractivity (Wildman–Crippen MR) is 67.1 cm³/mol. The molecule has 90 valence electrons. The molecule has 0 aliphatic heterocycles. The highest BCUT2D eigenvalue weighted by Crippen LogP contribution is 2.22. The van der Waals surface area contributed by atoms with Crippen LogP contribution in [0.15, 0.2) is 0 Å². The minimum atomic E-state index is 0.336. The monoisotopic (exact) mass is 212 g/mol. The first kappa shape index (κ1) is 14.7. The molecule has 0 aromatic rings. The van der Waals surface area contributed by atoms with Gasteiger partial charge in [-0.15, -0.1) is 0 Å². The van der Waals surface area contributed by atoms with Crippen LogP contribution in [-0.4, -0.2) is 5.78 Å². The highest BCUT2D eigenvalue weighted by Gasteiger charge is 2.08. The van der Waals surface area contributed by atoms with Crippen LogP contribution in [0.1, 0.15) is 79.1 Å². The fourth-order valence-electron chi connectivity index (χ4n) is 1.74. The molecule has 0 radical (unpaired) electrons. The molecule has 0 fully saturated rings. The topological polar surface area (TPSA) is 17.1 Å². The van der Waals surface area contributed by atoms with E-state index in [9.17, 15) is 4.79 Å². The molecular weight excluding hydrogens is 184 g/mol. The van der Waals surface area contributed by atoms with E-state index in [0.717, 1.165) is 12.8 Å². The number of carbonyl (C=O) groups is 1. The Hall–Kier alpha value is -0.330. The van der Waals surface area contributed by atoms with Crippen molar-refractivity contribution in [1.29, 1.82) is 0 Å². The lowest BCUT2D eigenvalue weighted by atomic mass is 9.89. The van der Waals surface area contributed by atoms with Gasteiger partial charge in [-0.05, 0) is 25.2 Å². The molecule has 0 saturated carbocycles. The summed E-state index contributed by atoms with van der Waals surface area (Å²) in [6.45, 7) is 8.60. The van der Waals surface area contributed by atoms with Crippen LogP contribution in [0.5, 0.6) is 0 Å². The number of unbranched alkanes of at least 4 members (excludes halogenated alkanes) is 5. The minimum absolute atomic E-state index is 0.336. The van der Waals surface area contributed by atoms with Crippen LogP contribution in [0.25, 0.3) is 0 Å². The average Bonchev–Trinajstić information content (AvgIpc) is 2.07. The second-order valence-corrected chi connectivity index (χ2v) is 5.88. The zero-order valence-electron chi connectivity index (χ0n) is 11.1. The zero-order chi connectivity index (χ0) is 11.7. The molecular formula is C14H28O. The maximum Gasteiger partial charge on any atom is 0.129 e. The third-order valence-corrected chi connectivity index (χ3v) is 2.71. The summed E-state index contributed by atoms with van der Waals surface area (Å²) in [6.07, 6.45) is 9.80. The summed E-state index contributed by atoms with van der Waals surface area (Å²) in [6, 6.07) is 0. The van der Waals surface area contributed by atoms with Crippen molar-refractivity contribution in [3.8, 4) is 0 Å². The molecule has 0 unspecified atom stereocenters. The van der Waals surface area contributed by atoms with Gasteiger partial charge in [-0.1, -0.05) is 52.9 Å². The molecule has 0 rings (SSSR count).